The molecule has 29 heavy (non-hydrogen) atoms. The Bertz CT molecular complexity index is 872. The fourth-order valence-electron chi connectivity index (χ4n) is 3.78. The zero-order chi connectivity index (χ0) is 20.2. The van der Waals surface area contributed by atoms with Crippen molar-refractivity contribution in [3.05, 3.63) is 71.3 Å². The van der Waals surface area contributed by atoms with E-state index >= 15 is 0 Å². The lowest BCUT2D eigenvalue weighted by Crippen LogP contribution is -2.52. The number of fused-ring (bicyclic) bond motifs is 1. The van der Waals surface area contributed by atoms with E-state index < -0.39 is 0 Å². The van der Waals surface area contributed by atoms with Gasteiger partial charge in [-0.1, -0.05) is 42.5 Å². The van der Waals surface area contributed by atoms with Crippen molar-refractivity contribution in [2.24, 2.45) is 0 Å². The van der Waals surface area contributed by atoms with Crippen molar-refractivity contribution in [1.29, 1.82) is 0 Å². The Kier molecular flexibility index (Phi) is 5.57. The van der Waals surface area contributed by atoms with Crippen molar-refractivity contribution in [3.8, 4) is 0 Å². The van der Waals surface area contributed by atoms with Crippen LogP contribution in [0.25, 0.3) is 0 Å². The van der Waals surface area contributed by atoms with Gasteiger partial charge in [-0.15, -0.1) is 0 Å². The van der Waals surface area contributed by atoms with Crippen molar-refractivity contribution >= 4 is 17.8 Å². The third kappa shape index (κ3) is 4.14. The Balaban J connectivity index is 1.21. The number of piperazine rings is 1. The molecule has 0 unspecified atom stereocenters. The molecule has 7 heteroatoms. The summed E-state index contributed by atoms with van der Waals surface area (Å²) in [6.07, 6.45) is 0. The van der Waals surface area contributed by atoms with Crippen molar-refractivity contribution in [1.82, 2.24) is 20.0 Å². The average Bonchev–Trinajstić information content (AvgIpc) is 3.00. The smallest absolute Gasteiger partial charge is 0.317 e. The van der Waals surface area contributed by atoms with Gasteiger partial charge in [0.1, 0.15) is 0 Å². The summed E-state index contributed by atoms with van der Waals surface area (Å²) in [5.41, 5.74) is 2.13. The topological polar surface area (TPSA) is 73.0 Å². The summed E-state index contributed by atoms with van der Waals surface area (Å²) in [4.78, 5) is 42.4. The third-order valence-corrected chi connectivity index (χ3v) is 5.40. The molecule has 0 spiro atoms. The predicted molar refractivity (Wildman–Crippen MR) is 108 cm³/mol. The second kappa shape index (κ2) is 8.45. The highest BCUT2D eigenvalue weighted by Crippen LogP contribution is 2.21. The molecule has 0 aliphatic carbocycles. The molecule has 2 aliphatic rings. The first kappa shape index (κ1) is 19.1. The second-order valence-corrected chi connectivity index (χ2v) is 7.29. The molecule has 2 heterocycles. The van der Waals surface area contributed by atoms with Gasteiger partial charge >= 0.3 is 6.03 Å². The molecule has 1 saturated heterocycles. The van der Waals surface area contributed by atoms with E-state index in [-0.39, 0.29) is 30.9 Å². The van der Waals surface area contributed by atoms with Gasteiger partial charge in [0.2, 0.25) is 0 Å². The van der Waals surface area contributed by atoms with E-state index in [1.807, 2.05) is 18.2 Å². The summed E-state index contributed by atoms with van der Waals surface area (Å²) in [6, 6.07) is 16.9. The van der Waals surface area contributed by atoms with Gasteiger partial charge in [-0.05, 0) is 17.7 Å². The minimum absolute atomic E-state index is 0.152. The van der Waals surface area contributed by atoms with Gasteiger partial charge in [-0.25, -0.2) is 4.79 Å². The number of nitrogens with one attached hydrogen (secondary N) is 1. The predicted octanol–water partition coefficient (Wildman–Crippen LogP) is 1.81. The van der Waals surface area contributed by atoms with E-state index in [0.717, 1.165) is 19.6 Å². The number of nitrogens with zero attached hydrogens (tertiary/aromatic N) is 3. The molecular formula is C22H24N4O3. The van der Waals surface area contributed by atoms with Gasteiger partial charge < -0.3 is 10.2 Å². The fraction of sp³-hybridized carbons (Fsp3) is 0.318. The van der Waals surface area contributed by atoms with Crippen LogP contribution < -0.4 is 5.32 Å². The Morgan fingerprint density at radius 3 is 2.03 bits per heavy atom. The fourth-order valence-corrected chi connectivity index (χ4v) is 3.78. The molecule has 150 valence electrons. The zero-order valence-corrected chi connectivity index (χ0v) is 16.2. The number of hydrogen-bond donors (Lipinski definition) is 1. The van der Waals surface area contributed by atoms with Crippen LogP contribution in [0.2, 0.25) is 0 Å². The second-order valence-electron chi connectivity index (χ2n) is 7.29. The quantitative estimate of drug-likeness (QED) is 0.788. The maximum Gasteiger partial charge on any atom is 0.317 e. The van der Waals surface area contributed by atoms with Gasteiger partial charge in [0.25, 0.3) is 11.8 Å². The van der Waals surface area contributed by atoms with Crippen LogP contribution in [-0.2, 0) is 6.54 Å². The van der Waals surface area contributed by atoms with Crippen LogP contribution in [0.4, 0.5) is 4.79 Å². The van der Waals surface area contributed by atoms with Crippen molar-refractivity contribution in [2.45, 2.75) is 6.54 Å². The largest absolute Gasteiger partial charge is 0.336 e. The van der Waals surface area contributed by atoms with Gasteiger partial charge in [-0.2, -0.15) is 0 Å². The van der Waals surface area contributed by atoms with Crippen LogP contribution in [-0.4, -0.2) is 71.8 Å². The van der Waals surface area contributed by atoms with Gasteiger partial charge in [-0.3, -0.25) is 19.4 Å². The third-order valence-electron chi connectivity index (χ3n) is 5.40. The molecule has 0 saturated carbocycles. The first-order valence-corrected chi connectivity index (χ1v) is 9.88. The van der Waals surface area contributed by atoms with Crippen molar-refractivity contribution in [3.63, 3.8) is 0 Å². The van der Waals surface area contributed by atoms with Gasteiger partial charge in [0.05, 0.1) is 11.1 Å². The maximum absolute atomic E-state index is 12.4. The molecule has 4 rings (SSSR count). The monoisotopic (exact) mass is 392 g/mol. The Morgan fingerprint density at radius 1 is 0.828 bits per heavy atom. The SMILES string of the molecule is O=C(NCCN1C(=O)c2ccccc2C1=O)N1CCN(Cc2ccccc2)CC1. The van der Waals surface area contributed by atoms with Crippen LogP contribution in [0.3, 0.4) is 0 Å². The number of carbonyl (C=O) groups is 3. The standard InChI is InChI=1S/C22H24N4O3/c27-20-18-8-4-5-9-19(18)21(28)26(20)11-10-23-22(29)25-14-12-24(13-15-25)16-17-6-2-1-3-7-17/h1-9H,10-16H2,(H,23,29). The Hall–Kier alpha value is -3.19. The van der Waals surface area contributed by atoms with E-state index in [0.29, 0.717) is 24.2 Å². The molecular weight excluding hydrogens is 368 g/mol. The van der Waals surface area contributed by atoms with Crippen molar-refractivity contribution < 1.29 is 14.4 Å². The Labute approximate surface area is 169 Å². The number of hydrogen-bond acceptors (Lipinski definition) is 4. The summed E-state index contributed by atoms with van der Waals surface area (Å²) in [5.74, 6) is -0.594. The minimum Gasteiger partial charge on any atom is -0.336 e. The normalized spacial score (nSPS) is 16.8. The number of imide groups is 1. The van der Waals surface area contributed by atoms with Crippen LogP contribution in [0.15, 0.2) is 54.6 Å². The molecule has 0 radical (unpaired) electrons. The van der Waals surface area contributed by atoms with Crippen molar-refractivity contribution in [2.75, 3.05) is 39.3 Å². The molecule has 2 aliphatic heterocycles. The average molecular weight is 392 g/mol. The Morgan fingerprint density at radius 2 is 1.41 bits per heavy atom. The van der Waals surface area contributed by atoms with E-state index in [4.69, 9.17) is 0 Å². The van der Waals surface area contributed by atoms with Crippen LogP contribution >= 0.6 is 0 Å². The van der Waals surface area contributed by atoms with Crippen LogP contribution in [0, 0.1) is 0 Å². The number of urea groups is 1. The van der Waals surface area contributed by atoms with Gasteiger partial charge in [0, 0.05) is 45.8 Å². The zero-order valence-electron chi connectivity index (χ0n) is 16.2. The maximum atomic E-state index is 12.4. The van der Waals surface area contributed by atoms with E-state index in [9.17, 15) is 14.4 Å². The lowest BCUT2D eigenvalue weighted by Gasteiger charge is -2.34. The molecule has 0 aromatic heterocycles. The molecule has 0 atom stereocenters. The lowest BCUT2D eigenvalue weighted by atomic mass is 10.1. The molecule has 0 bridgehead atoms. The lowest BCUT2D eigenvalue weighted by molar-refractivity contribution is 0.0654. The molecule has 2 aromatic rings. The number of rotatable bonds is 5. The first-order chi connectivity index (χ1) is 14.1. The molecule has 4 amide bonds. The van der Waals surface area contributed by atoms with E-state index in [2.05, 4.69) is 22.3 Å². The summed E-state index contributed by atoms with van der Waals surface area (Å²) in [7, 11) is 0. The highest BCUT2D eigenvalue weighted by atomic mass is 16.2. The molecule has 1 N–H and O–H groups in total. The summed E-state index contributed by atoms with van der Waals surface area (Å²) in [5, 5.41) is 2.83. The minimum atomic E-state index is -0.297. The highest BCUT2D eigenvalue weighted by Gasteiger charge is 2.34. The van der Waals surface area contributed by atoms with Gasteiger partial charge in [0.15, 0.2) is 0 Å². The summed E-state index contributed by atoms with van der Waals surface area (Å²) < 4.78 is 0. The van der Waals surface area contributed by atoms with Crippen LogP contribution in [0.5, 0.6) is 0 Å². The number of amides is 4. The molecule has 1 fully saturated rings. The molecule has 7 nitrogen and oxygen atoms in total. The summed E-state index contributed by atoms with van der Waals surface area (Å²) >= 11 is 0. The summed E-state index contributed by atoms with van der Waals surface area (Å²) in [6.45, 7) is 4.26. The number of carbonyl (C=O) groups excluding carboxylic acids is 3. The first-order valence-electron chi connectivity index (χ1n) is 9.88. The van der Waals surface area contributed by atoms with E-state index in [1.54, 1.807) is 29.2 Å². The van der Waals surface area contributed by atoms with E-state index in [1.165, 1.54) is 10.5 Å². The molecule has 2 aromatic carbocycles. The number of benzene rings is 2. The van der Waals surface area contributed by atoms with Crippen LogP contribution in [0.1, 0.15) is 26.3 Å². The highest BCUT2D eigenvalue weighted by molar-refractivity contribution is 6.21.